The van der Waals surface area contributed by atoms with Crippen LogP contribution in [0.2, 0.25) is 0 Å². The molecule has 0 radical (unpaired) electrons. The van der Waals surface area contributed by atoms with Crippen LogP contribution in [0.25, 0.3) is 0 Å². The van der Waals surface area contributed by atoms with E-state index in [9.17, 15) is 18.0 Å². The van der Waals surface area contributed by atoms with E-state index in [4.69, 9.17) is 21.1 Å². The highest BCUT2D eigenvalue weighted by Crippen LogP contribution is 2.41. The second kappa shape index (κ2) is 6.10. The van der Waals surface area contributed by atoms with Crippen LogP contribution in [0.3, 0.4) is 0 Å². The maximum absolute atomic E-state index is 13.2. The van der Waals surface area contributed by atoms with Crippen molar-refractivity contribution in [3.8, 4) is 11.8 Å². The third kappa shape index (κ3) is 2.76. The van der Waals surface area contributed by atoms with Crippen molar-refractivity contribution in [3.05, 3.63) is 35.7 Å². The predicted octanol–water partition coefficient (Wildman–Crippen LogP) is 2.14. The van der Waals surface area contributed by atoms with Crippen LogP contribution in [-0.2, 0) is 11.0 Å². The van der Waals surface area contributed by atoms with Crippen LogP contribution < -0.4 is 14.5 Å². The van der Waals surface area contributed by atoms with Gasteiger partial charge in [-0.05, 0) is 17.7 Å². The SMILES string of the molecule is COc1ccc(C2C(Cl)C(=O)N2n2c(OC)nnc2C(F)(F)F)cc1. The summed E-state index contributed by atoms with van der Waals surface area (Å²) in [6.45, 7) is 0. The van der Waals surface area contributed by atoms with Crippen molar-refractivity contribution in [1.82, 2.24) is 14.9 Å². The molecule has 1 fully saturated rings. The molecule has 2 aromatic rings. The molecule has 2 atom stereocenters. The lowest BCUT2D eigenvalue weighted by molar-refractivity contribution is -0.149. The van der Waals surface area contributed by atoms with E-state index in [1.807, 2.05) is 0 Å². The molecule has 1 aromatic carbocycles. The van der Waals surface area contributed by atoms with Crippen molar-refractivity contribution in [2.45, 2.75) is 17.6 Å². The quantitative estimate of drug-likeness (QED) is 0.604. The number of methoxy groups -OCH3 is 2. The fourth-order valence-electron chi connectivity index (χ4n) is 2.54. The van der Waals surface area contributed by atoms with Crippen LogP contribution in [0, 0.1) is 0 Å². The zero-order valence-electron chi connectivity index (χ0n) is 13.0. The molecule has 0 N–H and O–H groups in total. The first-order valence-electron chi connectivity index (χ1n) is 6.97. The van der Waals surface area contributed by atoms with Crippen molar-refractivity contribution in [1.29, 1.82) is 0 Å². The summed E-state index contributed by atoms with van der Waals surface area (Å²) >= 11 is 6.05. The van der Waals surface area contributed by atoms with Crippen molar-refractivity contribution in [2.75, 3.05) is 19.2 Å². The molecule has 134 valence electrons. The number of hydrogen-bond donors (Lipinski definition) is 0. The number of amides is 1. The Hall–Kier alpha value is -2.49. The Labute approximate surface area is 144 Å². The highest BCUT2D eigenvalue weighted by Gasteiger charge is 2.53. The van der Waals surface area contributed by atoms with Crippen LogP contribution in [0.1, 0.15) is 17.4 Å². The molecule has 1 aliphatic heterocycles. The van der Waals surface area contributed by atoms with Crippen LogP contribution in [0.15, 0.2) is 24.3 Å². The van der Waals surface area contributed by atoms with E-state index in [-0.39, 0.29) is 0 Å². The van der Waals surface area contributed by atoms with Crippen molar-refractivity contribution in [2.24, 2.45) is 0 Å². The van der Waals surface area contributed by atoms with Gasteiger partial charge in [0.2, 0.25) is 0 Å². The van der Waals surface area contributed by atoms with Gasteiger partial charge in [-0.1, -0.05) is 17.2 Å². The summed E-state index contributed by atoms with van der Waals surface area (Å²) in [7, 11) is 2.61. The Morgan fingerprint density at radius 2 is 1.76 bits per heavy atom. The van der Waals surface area contributed by atoms with Gasteiger partial charge in [-0.2, -0.15) is 17.8 Å². The summed E-state index contributed by atoms with van der Waals surface area (Å²) in [5.41, 5.74) is 0.532. The predicted molar refractivity (Wildman–Crippen MR) is 80.2 cm³/mol. The Bertz CT molecular complexity index is 794. The van der Waals surface area contributed by atoms with Gasteiger partial charge in [0.05, 0.1) is 14.2 Å². The molecule has 0 aliphatic carbocycles. The Kier molecular flexibility index (Phi) is 4.23. The van der Waals surface area contributed by atoms with Gasteiger partial charge in [0.1, 0.15) is 17.2 Å². The van der Waals surface area contributed by atoms with Gasteiger partial charge in [0.15, 0.2) is 0 Å². The molecule has 3 rings (SSSR count). The van der Waals surface area contributed by atoms with E-state index in [2.05, 4.69) is 10.2 Å². The average molecular weight is 377 g/mol. The number of rotatable bonds is 4. The van der Waals surface area contributed by atoms with Crippen molar-refractivity contribution >= 4 is 17.5 Å². The summed E-state index contributed by atoms with van der Waals surface area (Å²) in [6.07, 6.45) is -4.83. The number of β-lactam (4-membered cyclic amide) rings is 1. The van der Waals surface area contributed by atoms with Gasteiger partial charge in [-0.3, -0.25) is 4.79 Å². The molecule has 1 aromatic heterocycles. The van der Waals surface area contributed by atoms with E-state index in [1.165, 1.54) is 7.11 Å². The summed E-state index contributed by atoms with van der Waals surface area (Å²) in [4.78, 5) is 12.2. The molecule has 2 heterocycles. The number of carbonyl (C=O) groups excluding carboxylic acids is 1. The first-order valence-corrected chi connectivity index (χ1v) is 7.41. The molecule has 1 amide bonds. The molecule has 0 saturated carbocycles. The van der Waals surface area contributed by atoms with Gasteiger partial charge in [0, 0.05) is 0 Å². The summed E-state index contributed by atoms with van der Waals surface area (Å²) < 4.78 is 50.0. The van der Waals surface area contributed by atoms with Gasteiger partial charge >= 0.3 is 12.2 Å². The number of ether oxygens (including phenoxy) is 2. The minimum absolute atomic E-state index is 0.470. The zero-order valence-corrected chi connectivity index (χ0v) is 13.7. The largest absolute Gasteiger partial charge is 0.497 e. The second-order valence-corrected chi connectivity index (χ2v) is 5.59. The third-order valence-electron chi connectivity index (χ3n) is 3.72. The van der Waals surface area contributed by atoms with E-state index in [0.717, 1.165) is 12.1 Å². The van der Waals surface area contributed by atoms with E-state index in [1.54, 1.807) is 24.3 Å². The number of carbonyl (C=O) groups is 1. The molecule has 1 aliphatic rings. The van der Waals surface area contributed by atoms with Crippen LogP contribution in [0.5, 0.6) is 11.8 Å². The summed E-state index contributed by atoms with van der Waals surface area (Å²) in [5.74, 6) is -1.53. The fraction of sp³-hybridized carbons (Fsp3) is 0.357. The molecular formula is C14H12ClF3N4O3. The maximum atomic E-state index is 13.2. The number of nitrogens with zero attached hydrogens (tertiary/aromatic N) is 4. The topological polar surface area (TPSA) is 69.5 Å². The van der Waals surface area contributed by atoms with E-state index < -0.39 is 35.3 Å². The van der Waals surface area contributed by atoms with Gasteiger partial charge in [-0.25, -0.2) is 5.01 Å². The lowest BCUT2D eigenvalue weighted by atomic mass is 9.95. The number of aromatic nitrogens is 3. The van der Waals surface area contributed by atoms with Crippen LogP contribution >= 0.6 is 11.6 Å². The van der Waals surface area contributed by atoms with Crippen molar-refractivity contribution < 1.29 is 27.4 Å². The van der Waals surface area contributed by atoms with Gasteiger partial charge < -0.3 is 9.47 Å². The summed E-state index contributed by atoms with van der Waals surface area (Å²) in [5, 5.41) is 6.22. The smallest absolute Gasteiger partial charge is 0.453 e. The molecular weight excluding hydrogens is 365 g/mol. The Morgan fingerprint density at radius 1 is 1.12 bits per heavy atom. The number of alkyl halides is 4. The third-order valence-corrected chi connectivity index (χ3v) is 4.15. The molecule has 11 heteroatoms. The molecule has 0 spiro atoms. The lowest BCUT2D eigenvalue weighted by Gasteiger charge is -2.44. The van der Waals surface area contributed by atoms with Crippen LogP contribution in [-0.4, -0.2) is 40.4 Å². The van der Waals surface area contributed by atoms with Crippen LogP contribution in [0.4, 0.5) is 13.2 Å². The minimum Gasteiger partial charge on any atom is -0.497 e. The average Bonchev–Trinajstić information content (AvgIpc) is 3.02. The fourth-order valence-corrected chi connectivity index (χ4v) is 2.89. The number of hydrogen-bond acceptors (Lipinski definition) is 5. The summed E-state index contributed by atoms with van der Waals surface area (Å²) in [6, 6.07) is 5.15. The first kappa shape index (κ1) is 17.3. The molecule has 7 nitrogen and oxygen atoms in total. The normalized spacial score (nSPS) is 20.4. The number of benzene rings is 1. The highest BCUT2D eigenvalue weighted by molar-refractivity contribution is 6.36. The van der Waals surface area contributed by atoms with E-state index in [0.29, 0.717) is 16.0 Å². The zero-order chi connectivity index (χ0) is 18.4. The van der Waals surface area contributed by atoms with Crippen molar-refractivity contribution in [3.63, 3.8) is 0 Å². The molecule has 0 bridgehead atoms. The van der Waals surface area contributed by atoms with Gasteiger partial charge in [-0.15, -0.1) is 16.7 Å². The standard InChI is InChI=1S/C14H12ClF3N4O3/c1-24-8-5-3-7(4-6-8)10-9(15)11(23)21(10)22-12(14(16,17)18)19-20-13(22)25-2/h3-6,9-10H,1-2H3. The second-order valence-electron chi connectivity index (χ2n) is 5.12. The monoisotopic (exact) mass is 376 g/mol. The molecule has 25 heavy (non-hydrogen) atoms. The first-order chi connectivity index (χ1) is 11.8. The van der Waals surface area contributed by atoms with E-state index >= 15 is 0 Å². The lowest BCUT2D eigenvalue weighted by Crippen LogP contribution is -2.62. The Morgan fingerprint density at radius 3 is 2.28 bits per heavy atom. The highest BCUT2D eigenvalue weighted by atomic mass is 35.5. The molecule has 1 saturated heterocycles. The molecule has 2 unspecified atom stereocenters. The maximum Gasteiger partial charge on any atom is 0.453 e. The van der Waals surface area contributed by atoms with Gasteiger partial charge in [0.25, 0.3) is 11.7 Å². The Balaban J connectivity index is 2.06. The number of halogens is 4. The minimum atomic E-state index is -4.83.